The quantitative estimate of drug-likeness (QED) is 0.557. The minimum absolute atomic E-state index is 0.110. The van der Waals surface area contributed by atoms with Crippen molar-refractivity contribution in [3.05, 3.63) is 36.2 Å². The molecule has 3 aromatic rings. The SMILES string of the molecule is CCCC[n+]1c(C(C)(C)C)oc2c3ccc(S(=O)(=O)O)cc3ccc21. The maximum Gasteiger partial charge on any atom is 0.353 e. The molecule has 5 nitrogen and oxygen atoms in total. The van der Waals surface area contributed by atoms with E-state index in [0.717, 1.165) is 47.1 Å². The van der Waals surface area contributed by atoms with Gasteiger partial charge >= 0.3 is 5.89 Å². The minimum Gasteiger partial charge on any atom is -0.400 e. The van der Waals surface area contributed by atoms with Crippen LogP contribution in [-0.4, -0.2) is 13.0 Å². The Morgan fingerprint density at radius 3 is 2.48 bits per heavy atom. The first kappa shape index (κ1) is 17.9. The Morgan fingerprint density at radius 2 is 1.88 bits per heavy atom. The van der Waals surface area contributed by atoms with Gasteiger partial charge in [-0.25, -0.2) is 0 Å². The van der Waals surface area contributed by atoms with Gasteiger partial charge in [0.05, 0.1) is 10.3 Å². The molecule has 0 atom stereocenters. The molecule has 0 amide bonds. The van der Waals surface area contributed by atoms with Crippen molar-refractivity contribution in [3.63, 3.8) is 0 Å². The summed E-state index contributed by atoms with van der Waals surface area (Å²) in [6.07, 6.45) is 2.15. The van der Waals surface area contributed by atoms with Crippen molar-refractivity contribution in [1.82, 2.24) is 0 Å². The molecule has 0 radical (unpaired) electrons. The van der Waals surface area contributed by atoms with Gasteiger partial charge in [-0.15, -0.1) is 0 Å². The summed E-state index contributed by atoms with van der Waals surface area (Å²) >= 11 is 0. The normalized spacial score (nSPS) is 13.0. The van der Waals surface area contributed by atoms with E-state index in [-0.39, 0.29) is 10.3 Å². The van der Waals surface area contributed by atoms with E-state index in [1.807, 2.05) is 12.1 Å². The number of nitrogens with zero attached hydrogens (tertiary/aromatic N) is 1. The van der Waals surface area contributed by atoms with Gasteiger partial charge in [-0.3, -0.25) is 4.55 Å². The van der Waals surface area contributed by atoms with E-state index >= 15 is 0 Å². The number of oxazole rings is 1. The lowest BCUT2D eigenvalue weighted by atomic mass is 9.96. The Hall–Kier alpha value is -1.92. The van der Waals surface area contributed by atoms with E-state index in [1.165, 1.54) is 12.1 Å². The summed E-state index contributed by atoms with van der Waals surface area (Å²) < 4.78 is 40.5. The third-order valence-electron chi connectivity index (χ3n) is 4.33. The average molecular weight is 362 g/mol. The van der Waals surface area contributed by atoms with Crippen LogP contribution in [0.2, 0.25) is 0 Å². The highest BCUT2D eigenvalue weighted by atomic mass is 32.2. The second-order valence-electron chi connectivity index (χ2n) is 7.43. The minimum atomic E-state index is -4.22. The Kier molecular flexibility index (Phi) is 4.37. The summed E-state index contributed by atoms with van der Waals surface area (Å²) in [6, 6.07) is 8.41. The van der Waals surface area contributed by atoms with Crippen LogP contribution in [0, 0.1) is 0 Å². The summed E-state index contributed by atoms with van der Waals surface area (Å²) in [7, 11) is -4.22. The van der Waals surface area contributed by atoms with Crippen molar-refractivity contribution in [1.29, 1.82) is 0 Å². The van der Waals surface area contributed by atoms with Crippen LogP contribution >= 0.6 is 0 Å². The zero-order valence-corrected chi connectivity index (χ0v) is 15.9. The largest absolute Gasteiger partial charge is 0.400 e. The Bertz CT molecular complexity index is 1040. The molecule has 2 aromatic carbocycles. The number of hydrogen-bond acceptors (Lipinski definition) is 3. The number of benzene rings is 2. The fourth-order valence-corrected chi connectivity index (χ4v) is 3.62. The molecular weight excluding hydrogens is 338 g/mol. The lowest BCUT2D eigenvalue weighted by molar-refractivity contribution is -0.688. The number of hydrogen-bond donors (Lipinski definition) is 1. The maximum absolute atomic E-state index is 11.4. The van der Waals surface area contributed by atoms with Gasteiger partial charge in [0.25, 0.3) is 15.6 Å². The van der Waals surface area contributed by atoms with Gasteiger partial charge in [-0.2, -0.15) is 13.0 Å². The van der Waals surface area contributed by atoms with Crippen LogP contribution in [0.5, 0.6) is 0 Å². The van der Waals surface area contributed by atoms with Crippen LogP contribution in [0.25, 0.3) is 21.9 Å². The van der Waals surface area contributed by atoms with Crippen LogP contribution in [0.4, 0.5) is 0 Å². The van der Waals surface area contributed by atoms with E-state index in [0.29, 0.717) is 0 Å². The first-order valence-electron chi connectivity index (χ1n) is 8.50. The number of aryl methyl sites for hydroxylation is 1. The standard InChI is InChI=1S/C19H23NO4S/c1-5-6-11-20-16-10-7-13-12-14(25(21,22)23)8-9-15(13)17(16)24-18(20)19(2,3)4/h7-10,12H,5-6,11H2,1-4H3/p+1. The highest BCUT2D eigenvalue weighted by Gasteiger charge is 2.33. The molecule has 0 fully saturated rings. The highest BCUT2D eigenvalue weighted by Crippen LogP contribution is 2.31. The van der Waals surface area contributed by atoms with Crippen molar-refractivity contribution in [3.8, 4) is 0 Å². The van der Waals surface area contributed by atoms with Gasteiger partial charge < -0.3 is 4.42 Å². The number of rotatable bonds is 4. The molecule has 0 aliphatic heterocycles. The second kappa shape index (κ2) is 6.11. The zero-order valence-electron chi connectivity index (χ0n) is 15.0. The lowest BCUT2D eigenvalue weighted by Gasteiger charge is -2.10. The Morgan fingerprint density at radius 1 is 1.16 bits per heavy atom. The Labute approximate surface area is 148 Å². The third kappa shape index (κ3) is 3.28. The average Bonchev–Trinajstić information content (AvgIpc) is 2.90. The summed E-state index contributed by atoms with van der Waals surface area (Å²) in [5.41, 5.74) is 1.61. The van der Waals surface area contributed by atoms with Crippen molar-refractivity contribution in [2.24, 2.45) is 0 Å². The molecule has 25 heavy (non-hydrogen) atoms. The molecular formula is C19H24NO4S+. The summed E-state index contributed by atoms with van der Waals surface area (Å²) in [4.78, 5) is -0.110. The topological polar surface area (TPSA) is 71.4 Å². The second-order valence-corrected chi connectivity index (χ2v) is 8.86. The number of fused-ring (bicyclic) bond motifs is 3. The third-order valence-corrected chi connectivity index (χ3v) is 5.18. The predicted octanol–water partition coefficient (Wildman–Crippen LogP) is 4.22. The monoisotopic (exact) mass is 362 g/mol. The van der Waals surface area contributed by atoms with Crippen LogP contribution in [0.15, 0.2) is 39.6 Å². The van der Waals surface area contributed by atoms with Gasteiger partial charge in [-0.1, -0.05) is 13.3 Å². The van der Waals surface area contributed by atoms with E-state index < -0.39 is 10.1 Å². The van der Waals surface area contributed by atoms with Crippen LogP contribution in [0.3, 0.4) is 0 Å². The smallest absolute Gasteiger partial charge is 0.353 e. The van der Waals surface area contributed by atoms with Gasteiger partial charge in [0.15, 0.2) is 6.54 Å². The highest BCUT2D eigenvalue weighted by molar-refractivity contribution is 7.85. The fourth-order valence-electron chi connectivity index (χ4n) is 3.11. The van der Waals surface area contributed by atoms with Crippen molar-refractivity contribution in [2.45, 2.75) is 57.4 Å². The summed E-state index contributed by atoms with van der Waals surface area (Å²) in [5, 5.41) is 1.56. The molecule has 0 aliphatic rings. The molecule has 0 bridgehead atoms. The first-order chi connectivity index (χ1) is 11.6. The van der Waals surface area contributed by atoms with Crippen molar-refractivity contribution >= 4 is 32.0 Å². The zero-order chi connectivity index (χ0) is 18.4. The maximum atomic E-state index is 11.4. The summed E-state index contributed by atoms with van der Waals surface area (Å²) in [6.45, 7) is 9.39. The first-order valence-corrected chi connectivity index (χ1v) is 9.94. The van der Waals surface area contributed by atoms with Crippen molar-refractivity contribution < 1.29 is 22.0 Å². The fraction of sp³-hybridized carbons (Fsp3) is 0.421. The van der Waals surface area contributed by atoms with Crippen molar-refractivity contribution in [2.75, 3.05) is 0 Å². The molecule has 0 saturated heterocycles. The molecule has 0 aliphatic carbocycles. The molecule has 1 heterocycles. The number of aromatic nitrogens is 1. The van der Waals surface area contributed by atoms with E-state index in [9.17, 15) is 13.0 Å². The van der Waals surface area contributed by atoms with Gasteiger partial charge in [0.1, 0.15) is 0 Å². The van der Waals surface area contributed by atoms with Crippen LogP contribution in [-0.2, 0) is 22.1 Å². The molecule has 0 saturated carbocycles. The molecule has 0 unspecified atom stereocenters. The van der Waals surface area contributed by atoms with Gasteiger partial charge in [0, 0.05) is 17.9 Å². The molecule has 0 spiro atoms. The Balaban J connectivity index is 2.31. The molecule has 134 valence electrons. The van der Waals surface area contributed by atoms with E-state index in [2.05, 4.69) is 32.3 Å². The lowest BCUT2D eigenvalue weighted by Crippen LogP contribution is -2.41. The number of unbranched alkanes of at least 4 members (excludes halogenated alkanes) is 1. The molecule has 1 aromatic heterocycles. The van der Waals surface area contributed by atoms with E-state index in [1.54, 1.807) is 6.07 Å². The molecule has 6 heteroatoms. The van der Waals surface area contributed by atoms with Crippen LogP contribution < -0.4 is 4.57 Å². The predicted molar refractivity (Wildman–Crippen MR) is 97.3 cm³/mol. The van der Waals surface area contributed by atoms with E-state index in [4.69, 9.17) is 4.42 Å². The van der Waals surface area contributed by atoms with Gasteiger partial charge in [0.2, 0.25) is 5.58 Å². The molecule has 3 rings (SSSR count). The van der Waals surface area contributed by atoms with Crippen LogP contribution in [0.1, 0.15) is 46.4 Å². The molecule has 1 N–H and O–H groups in total. The van der Waals surface area contributed by atoms with Gasteiger partial charge in [-0.05, 0) is 50.4 Å². The summed E-state index contributed by atoms with van der Waals surface area (Å²) in [5.74, 6) is 0.905.